The second-order valence-electron chi connectivity index (χ2n) is 9.23. The maximum atomic E-state index is 13.1. The van der Waals surface area contributed by atoms with Gasteiger partial charge in [0.25, 0.3) is 11.8 Å². The Morgan fingerprint density at radius 3 is 2.65 bits per heavy atom. The number of rotatable bonds is 6. The number of nitrogens with zero attached hydrogens (tertiary/aromatic N) is 5. The molecule has 5 rings (SSSR count). The van der Waals surface area contributed by atoms with Gasteiger partial charge in [0.1, 0.15) is 23.2 Å². The SMILES string of the molecule is C[C@H](NC(=O)c1cc(C(=O)NCc2ccc3c(c2)CC(=O)O3)nc2ccnn12)C(=O)N1CCN(C)CC1. The lowest BCUT2D eigenvalue weighted by molar-refractivity contribution is -0.134. The van der Waals surface area contributed by atoms with E-state index in [-0.39, 0.29) is 36.2 Å². The molecule has 0 aliphatic carbocycles. The Morgan fingerprint density at radius 2 is 1.86 bits per heavy atom. The van der Waals surface area contributed by atoms with Crippen molar-refractivity contribution in [3.63, 3.8) is 0 Å². The van der Waals surface area contributed by atoms with Crippen molar-refractivity contribution in [3.05, 3.63) is 59.0 Å². The van der Waals surface area contributed by atoms with Crippen LogP contribution in [-0.4, -0.2) is 87.4 Å². The fraction of sp³-hybridized carbons (Fsp3) is 0.360. The number of nitrogens with one attached hydrogen (secondary N) is 2. The maximum Gasteiger partial charge on any atom is 0.315 e. The van der Waals surface area contributed by atoms with E-state index in [9.17, 15) is 19.2 Å². The minimum atomic E-state index is -0.748. The van der Waals surface area contributed by atoms with Crippen molar-refractivity contribution in [1.29, 1.82) is 0 Å². The lowest BCUT2D eigenvalue weighted by atomic mass is 10.1. The highest BCUT2D eigenvalue weighted by Gasteiger charge is 2.27. The minimum absolute atomic E-state index is 0.0378. The number of likely N-dealkylation sites (N-methyl/N-ethyl adjacent to an activating group) is 1. The molecule has 0 saturated carbocycles. The average Bonchev–Trinajstić information content (AvgIpc) is 3.51. The molecule has 4 heterocycles. The lowest BCUT2D eigenvalue weighted by Crippen LogP contribution is -2.53. The van der Waals surface area contributed by atoms with Gasteiger partial charge in [-0.3, -0.25) is 19.2 Å². The first-order valence-corrected chi connectivity index (χ1v) is 12.0. The van der Waals surface area contributed by atoms with Crippen LogP contribution in [0.3, 0.4) is 0 Å². The van der Waals surface area contributed by atoms with Gasteiger partial charge in [0.05, 0.1) is 12.6 Å². The predicted molar refractivity (Wildman–Crippen MR) is 131 cm³/mol. The molecule has 1 aromatic carbocycles. The number of benzene rings is 1. The highest BCUT2D eigenvalue weighted by molar-refractivity contribution is 6.00. The van der Waals surface area contributed by atoms with Gasteiger partial charge in [-0.1, -0.05) is 6.07 Å². The number of hydrogen-bond acceptors (Lipinski definition) is 8. The van der Waals surface area contributed by atoms with Crippen LogP contribution in [0.4, 0.5) is 0 Å². The number of fused-ring (bicyclic) bond motifs is 2. The molecule has 12 heteroatoms. The molecule has 2 aliphatic rings. The van der Waals surface area contributed by atoms with Gasteiger partial charge in [0.2, 0.25) is 5.91 Å². The number of hydrogen-bond donors (Lipinski definition) is 2. The Kier molecular flexibility index (Phi) is 6.57. The second kappa shape index (κ2) is 9.97. The van der Waals surface area contributed by atoms with Gasteiger partial charge < -0.3 is 25.2 Å². The van der Waals surface area contributed by atoms with Crippen LogP contribution in [0, 0.1) is 0 Å². The van der Waals surface area contributed by atoms with E-state index in [2.05, 4.69) is 25.6 Å². The molecule has 1 saturated heterocycles. The molecule has 0 unspecified atom stereocenters. The summed E-state index contributed by atoms with van der Waals surface area (Å²) in [5.41, 5.74) is 2.02. The molecular weight excluding hydrogens is 478 g/mol. The van der Waals surface area contributed by atoms with E-state index < -0.39 is 17.9 Å². The molecule has 3 amide bonds. The monoisotopic (exact) mass is 505 g/mol. The lowest BCUT2D eigenvalue weighted by Gasteiger charge is -2.34. The zero-order valence-corrected chi connectivity index (χ0v) is 20.6. The molecule has 2 aromatic heterocycles. The molecule has 2 aliphatic heterocycles. The van der Waals surface area contributed by atoms with Gasteiger partial charge in [-0.2, -0.15) is 5.10 Å². The van der Waals surface area contributed by atoms with Crippen LogP contribution in [0.2, 0.25) is 0 Å². The number of carbonyl (C=O) groups excluding carboxylic acids is 4. The Balaban J connectivity index is 1.28. The van der Waals surface area contributed by atoms with Crippen molar-refractivity contribution >= 4 is 29.3 Å². The summed E-state index contributed by atoms with van der Waals surface area (Å²) in [7, 11) is 2.00. The molecule has 0 bridgehead atoms. The van der Waals surface area contributed by atoms with E-state index in [1.165, 1.54) is 16.8 Å². The standard InChI is InChI=1S/C25H27N7O5/c1-15(25(36)31-9-7-30(2)8-10-31)28-24(35)19-13-18(29-21-5-6-27-32(19)21)23(34)26-14-16-3-4-20-17(11-16)12-22(33)37-20/h3-6,11,13,15H,7-10,12,14H2,1-2H3,(H,26,34)(H,28,35)/t15-/m0/s1. The third-order valence-corrected chi connectivity index (χ3v) is 6.49. The van der Waals surface area contributed by atoms with Gasteiger partial charge in [-0.15, -0.1) is 0 Å². The van der Waals surface area contributed by atoms with E-state index in [4.69, 9.17) is 4.74 Å². The summed E-state index contributed by atoms with van der Waals surface area (Å²) in [4.78, 5) is 58.6. The van der Waals surface area contributed by atoms with Gasteiger partial charge >= 0.3 is 5.97 Å². The summed E-state index contributed by atoms with van der Waals surface area (Å²) in [5.74, 6) is -0.953. The zero-order valence-electron chi connectivity index (χ0n) is 20.6. The van der Waals surface area contributed by atoms with Crippen molar-refractivity contribution in [3.8, 4) is 5.75 Å². The fourth-order valence-electron chi connectivity index (χ4n) is 4.39. The highest BCUT2D eigenvalue weighted by atomic mass is 16.5. The molecule has 2 N–H and O–H groups in total. The van der Waals surface area contributed by atoms with Crippen molar-refractivity contribution in [2.24, 2.45) is 0 Å². The number of carbonyl (C=O) groups is 4. The Labute approximate surface area is 212 Å². The second-order valence-corrected chi connectivity index (χ2v) is 9.23. The van der Waals surface area contributed by atoms with Gasteiger partial charge in [0, 0.05) is 50.4 Å². The molecule has 12 nitrogen and oxygen atoms in total. The van der Waals surface area contributed by atoms with Crippen molar-refractivity contribution in [2.75, 3.05) is 33.2 Å². The average molecular weight is 506 g/mol. The first-order chi connectivity index (χ1) is 17.8. The third-order valence-electron chi connectivity index (χ3n) is 6.49. The van der Waals surface area contributed by atoms with Crippen molar-refractivity contribution < 1.29 is 23.9 Å². The largest absolute Gasteiger partial charge is 0.426 e. The topological polar surface area (TPSA) is 138 Å². The number of aromatic nitrogens is 3. The first-order valence-electron chi connectivity index (χ1n) is 12.0. The Hall–Kier alpha value is -4.32. The van der Waals surface area contributed by atoms with Crippen LogP contribution < -0.4 is 15.4 Å². The van der Waals surface area contributed by atoms with Crippen molar-refractivity contribution in [2.45, 2.75) is 25.9 Å². The molecule has 1 atom stereocenters. The molecule has 192 valence electrons. The van der Waals surface area contributed by atoms with E-state index in [0.717, 1.165) is 24.2 Å². The quantitative estimate of drug-likeness (QED) is 0.353. The Morgan fingerprint density at radius 1 is 1.08 bits per heavy atom. The fourth-order valence-corrected chi connectivity index (χ4v) is 4.39. The highest BCUT2D eigenvalue weighted by Crippen LogP contribution is 2.26. The molecular formula is C25H27N7O5. The summed E-state index contributed by atoms with van der Waals surface area (Å²) in [6, 6.07) is 7.47. The van der Waals surface area contributed by atoms with Crippen LogP contribution in [0.1, 0.15) is 39.0 Å². The van der Waals surface area contributed by atoms with E-state index in [1.807, 2.05) is 13.1 Å². The number of amides is 3. The van der Waals surface area contributed by atoms with E-state index in [1.54, 1.807) is 30.0 Å². The normalized spacial score (nSPS) is 16.3. The van der Waals surface area contributed by atoms with Gasteiger partial charge in [0.15, 0.2) is 5.65 Å². The predicted octanol–water partition coefficient (Wildman–Crippen LogP) is 0.0131. The van der Waals surface area contributed by atoms with Crippen LogP contribution in [0.25, 0.3) is 5.65 Å². The number of ether oxygens (including phenoxy) is 1. The summed E-state index contributed by atoms with van der Waals surface area (Å²) in [5, 5.41) is 9.67. The van der Waals surface area contributed by atoms with Crippen LogP contribution in [0.15, 0.2) is 36.5 Å². The number of esters is 1. The summed E-state index contributed by atoms with van der Waals surface area (Å²) in [6.45, 7) is 4.60. The maximum absolute atomic E-state index is 13.1. The zero-order chi connectivity index (χ0) is 26.1. The number of piperazine rings is 1. The van der Waals surface area contributed by atoms with Gasteiger partial charge in [-0.05, 0) is 31.7 Å². The van der Waals surface area contributed by atoms with Crippen LogP contribution in [0.5, 0.6) is 5.75 Å². The minimum Gasteiger partial charge on any atom is -0.426 e. The summed E-state index contributed by atoms with van der Waals surface area (Å²) in [6.07, 6.45) is 1.68. The van der Waals surface area contributed by atoms with Crippen LogP contribution >= 0.6 is 0 Å². The third kappa shape index (κ3) is 5.14. The van der Waals surface area contributed by atoms with E-state index in [0.29, 0.717) is 24.5 Å². The molecule has 37 heavy (non-hydrogen) atoms. The summed E-state index contributed by atoms with van der Waals surface area (Å²) >= 11 is 0. The molecule has 3 aromatic rings. The summed E-state index contributed by atoms with van der Waals surface area (Å²) < 4.78 is 6.43. The van der Waals surface area contributed by atoms with Gasteiger partial charge in [-0.25, -0.2) is 9.50 Å². The molecule has 1 fully saturated rings. The molecule has 0 radical (unpaired) electrons. The molecule has 0 spiro atoms. The van der Waals surface area contributed by atoms with Crippen LogP contribution in [-0.2, 0) is 22.6 Å². The first kappa shape index (κ1) is 24.4. The smallest absolute Gasteiger partial charge is 0.315 e. The Bertz CT molecular complexity index is 1390. The van der Waals surface area contributed by atoms with E-state index >= 15 is 0 Å². The van der Waals surface area contributed by atoms with Crippen molar-refractivity contribution in [1.82, 2.24) is 35.0 Å².